The van der Waals surface area contributed by atoms with Crippen LogP contribution in [0.4, 0.5) is 0 Å². The number of aldehydes is 1. The average Bonchev–Trinajstić information content (AvgIpc) is 2.88. The van der Waals surface area contributed by atoms with E-state index >= 15 is 0 Å². The van der Waals surface area contributed by atoms with Crippen LogP contribution in [0.2, 0.25) is 0 Å². The van der Waals surface area contributed by atoms with Crippen molar-refractivity contribution in [3.05, 3.63) is 0 Å². The first-order valence-corrected chi connectivity index (χ1v) is 11.3. The Bertz CT molecular complexity index is 726. The molecule has 0 radical (unpaired) electrons. The Morgan fingerprint density at radius 3 is 1.97 bits per heavy atom. The van der Waals surface area contributed by atoms with Gasteiger partial charge in [-0.1, -0.05) is 0 Å². The molecule has 2 fully saturated rings. The van der Waals surface area contributed by atoms with Crippen molar-refractivity contribution in [2.75, 3.05) is 19.8 Å². The van der Waals surface area contributed by atoms with Gasteiger partial charge >= 0.3 is 0 Å². The lowest BCUT2D eigenvalue weighted by atomic mass is 9.97. The Morgan fingerprint density at radius 2 is 1.43 bits per heavy atom. The summed E-state index contributed by atoms with van der Waals surface area (Å²) in [7, 11) is 0. The van der Waals surface area contributed by atoms with Crippen LogP contribution >= 0.6 is 0 Å². The lowest BCUT2D eigenvalue weighted by molar-refractivity contribution is -0.360. The Balaban J connectivity index is 2.01. The summed E-state index contributed by atoms with van der Waals surface area (Å²) in [6, 6.07) is -1.54. The normalized spacial score (nSPS) is 39.9. The van der Waals surface area contributed by atoms with Crippen LogP contribution in [0, 0.1) is 0 Å². The maximum atomic E-state index is 11.1. The van der Waals surface area contributed by atoms with Gasteiger partial charge in [0.1, 0.15) is 79.5 Å². The smallest absolute Gasteiger partial charge is 0.217 e. The van der Waals surface area contributed by atoms with Gasteiger partial charge in [0.25, 0.3) is 0 Å². The highest BCUT2D eigenvalue weighted by Gasteiger charge is 2.51. The van der Waals surface area contributed by atoms with Crippen LogP contribution in [0.15, 0.2) is 0 Å². The molecule has 1 amide bonds. The summed E-state index contributed by atoms with van der Waals surface area (Å²) in [5.41, 5.74) is 0. The number of ether oxygens (including phenoxy) is 4. The maximum absolute atomic E-state index is 11.1. The number of nitrogens with one attached hydrogen (secondary N) is 1. The molecule has 0 aliphatic carbocycles. The first kappa shape index (κ1) is 31.8. The summed E-state index contributed by atoms with van der Waals surface area (Å²) in [6.07, 6.45) is -22.5. The molecule has 0 aromatic carbocycles. The van der Waals surface area contributed by atoms with Crippen molar-refractivity contribution in [1.82, 2.24) is 5.32 Å². The zero-order valence-electron chi connectivity index (χ0n) is 19.7. The van der Waals surface area contributed by atoms with Gasteiger partial charge in [-0.05, 0) is 0 Å². The van der Waals surface area contributed by atoms with Crippen molar-refractivity contribution in [1.29, 1.82) is 0 Å². The third kappa shape index (κ3) is 7.58. The quantitative estimate of drug-likeness (QED) is 0.102. The van der Waals surface area contributed by atoms with Crippen LogP contribution in [0.1, 0.15) is 6.92 Å². The summed E-state index contributed by atoms with van der Waals surface area (Å²) in [5, 5.41) is 102. The Hall–Kier alpha value is -1.42. The third-order valence-electron chi connectivity index (χ3n) is 6.02. The highest BCUT2D eigenvalue weighted by Crippen LogP contribution is 2.29. The van der Waals surface area contributed by atoms with Crippen LogP contribution in [-0.2, 0) is 28.5 Å². The number of amides is 1. The largest absolute Gasteiger partial charge is 0.394 e. The summed E-state index contributed by atoms with van der Waals surface area (Å²) in [5.74, 6) is -0.683. The van der Waals surface area contributed by atoms with Crippen molar-refractivity contribution >= 4 is 12.2 Å². The lowest BCUT2D eigenvalue weighted by Crippen LogP contribution is -2.64. The fourth-order valence-electron chi connectivity index (χ4n) is 3.86. The number of aliphatic hydroxyl groups excluding tert-OH is 10. The second-order valence-corrected chi connectivity index (χ2v) is 8.75. The highest BCUT2D eigenvalue weighted by atomic mass is 16.7. The van der Waals surface area contributed by atoms with Crippen molar-refractivity contribution < 1.29 is 79.6 Å². The number of rotatable bonds is 12. The van der Waals surface area contributed by atoms with E-state index in [4.69, 9.17) is 18.9 Å². The number of carbonyl (C=O) groups excluding carboxylic acids is 2. The van der Waals surface area contributed by atoms with E-state index < -0.39 is 111 Å². The number of carbonyl (C=O) groups is 2. The Morgan fingerprint density at radius 1 is 0.865 bits per heavy atom. The number of hydrogen-bond acceptors (Lipinski definition) is 16. The highest BCUT2D eigenvalue weighted by molar-refractivity contribution is 5.77. The molecule has 0 saturated carbocycles. The minimum Gasteiger partial charge on any atom is -0.394 e. The van der Waals surface area contributed by atoms with Crippen LogP contribution in [0.25, 0.3) is 0 Å². The minimum atomic E-state index is -2.00. The monoisotopic (exact) mass is 545 g/mol. The van der Waals surface area contributed by atoms with E-state index in [1.807, 2.05) is 0 Å². The SMILES string of the molecule is CC(=O)N[C@@H](C=O)[C@@H](O)[C@H](O)[C@H](O)CO[C@@H]1O[C@H](CO)[C@H](O[C@@H]2O[C@H](CO)[C@H](O)[C@H](O)[C@H]2O)[C@H](O)[C@H]1O. The van der Waals surface area contributed by atoms with E-state index in [9.17, 15) is 60.7 Å². The Labute approximate surface area is 210 Å². The van der Waals surface area contributed by atoms with E-state index in [1.54, 1.807) is 0 Å². The van der Waals surface area contributed by atoms with E-state index in [1.165, 1.54) is 0 Å². The van der Waals surface area contributed by atoms with E-state index in [2.05, 4.69) is 5.32 Å². The van der Waals surface area contributed by atoms with Gasteiger partial charge in [0.2, 0.25) is 5.91 Å². The van der Waals surface area contributed by atoms with Gasteiger partial charge in [-0.15, -0.1) is 0 Å². The Kier molecular flexibility index (Phi) is 12.1. The van der Waals surface area contributed by atoms with Gasteiger partial charge in [-0.25, -0.2) is 0 Å². The predicted molar refractivity (Wildman–Crippen MR) is 114 cm³/mol. The van der Waals surface area contributed by atoms with Gasteiger partial charge in [0, 0.05) is 6.92 Å². The van der Waals surface area contributed by atoms with Gasteiger partial charge in [0.05, 0.1) is 19.8 Å². The summed E-state index contributed by atoms with van der Waals surface area (Å²) in [6.45, 7) is -1.33. The molecule has 14 atom stereocenters. The van der Waals surface area contributed by atoms with Crippen LogP contribution in [0.3, 0.4) is 0 Å². The van der Waals surface area contributed by atoms with E-state index in [-0.39, 0.29) is 6.29 Å². The first-order valence-electron chi connectivity index (χ1n) is 11.3. The topological polar surface area (TPSA) is 285 Å². The predicted octanol–water partition coefficient (Wildman–Crippen LogP) is -7.59. The zero-order valence-corrected chi connectivity index (χ0v) is 19.7. The molecule has 2 saturated heterocycles. The molecule has 0 unspecified atom stereocenters. The second kappa shape index (κ2) is 14.1. The molecule has 2 aliphatic heterocycles. The molecule has 17 heteroatoms. The van der Waals surface area contributed by atoms with Crippen molar-refractivity contribution in [2.24, 2.45) is 0 Å². The van der Waals surface area contributed by atoms with Gasteiger partial charge in [0.15, 0.2) is 12.6 Å². The molecule has 0 aromatic rings. The fraction of sp³-hybridized carbons (Fsp3) is 0.900. The molecule has 0 aromatic heterocycles. The van der Waals surface area contributed by atoms with Gasteiger partial charge < -0.3 is 80.1 Å². The zero-order chi connectivity index (χ0) is 28.0. The second-order valence-electron chi connectivity index (χ2n) is 8.75. The summed E-state index contributed by atoms with van der Waals surface area (Å²) in [4.78, 5) is 22.1. The molecule has 17 nitrogen and oxygen atoms in total. The third-order valence-corrected chi connectivity index (χ3v) is 6.02. The first-order chi connectivity index (χ1) is 17.4. The number of hydrogen-bond donors (Lipinski definition) is 11. The fourth-order valence-corrected chi connectivity index (χ4v) is 3.86. The maximum Gasteiger partial charge on any atom is 0.217 e. The van der Waals surface area contributed by atoms with E-state index in [0.717, 1.165) is 6.92 Å². The minimum absolute atomic E-state index is 0.147. The van der Waals surface area contributed by atoms with Crippen molar-refractivity contribution in [2.45, 2.75) is 92.7 Å². The average molecular weight is 545 g/mol. The lowest BCUT2D eigenvalue weighted by Gasteiger charge is -2.46. The van der Waals surface area contributed by atoms with Crippen LogP contribution in [-0.4, -0.2) is 169 Å². The molecule has 0 bridgehead atoms. The molecule has 11 N–H and O–H groups in total. The molecule has 37 heavy (non-hydrogen) atoms. The van der Waals surface area contributed by atoms with Crippen molar-refractivity contribution in [3.63, 3.8) is 0 Å². The molecule has 2 rings (SSSR count). The van der Waals surface area contributed by atoms with Gasteiger partial charge in [-0.3, -0.25) is 4.79 Å². The molecule has 2 heterocycles. The molecule has 0 spiro atoms. The molecular formula is C20H35NO16. The molecule has 216 valence electrons. The van der Waals surface area contributed by atoms with Crippen molar-refractivity contribution in [3.8, 4) is 0 Å². The standard InChI is InChI=1S/C20H35NO16/c1-6(25)21-7(2-22)11(27)12(28)8(26)5-34-19-17(33)15(31)18(10(4-24)36-19)37-20-16(32)14(30)13(29)9(3-23)35-20/h2,7-20,23-24,26-33H,3-5H2,1H3,(H,21,25)/t7-,8+,9+,10+,11+,12+,13-,14-,15+,16+,17+,18-,19+,20-/m0/s1. The number of aliphatic hydroxyl groups is 10. The molecule has 2 aliphatic rings. The van der Waals surface area contributed by atoms with E-state index in [0.29, 0.717) is 0 Å². The van der Waals surface area contributed by atoms with Gasteiger partial charge in [-0.2, -0.15) is 0 Å². The van der Waals surface area contributed by atoms with Crippen LogP contribution in [0.5, 0.6) is 0 Å². The summed E-state index contributed by atoms with van der Waals surface area (Å²) < 4.78 is 21.1. The summed E-state index contributed by atoms with van der Waals surface area (Å²) >= 11 is 0. The molecular weight excluding hydrogens is 510 g/mol. The van der Waals surface area contributed by atoms with Crippen LogP contribution < -0.4 is 5.32 Å².